The summed E-state index contributed by atoms with van der Waals surface area (Å²) in [7, 11) is -4.15. The van der Waals surface area contributed by atoms with E-state index in [9.17, 15) is 38.2 Å². The fraction of sp³-hybridized carbons (Fsp3) is 0.512. The molecule has 9 rings (SSSR count). The maximum absolute atomic E-state index is 16.6. The van der Waals surface area contributed by atoms with Gasteiger partial charge < -0.3 is 63.4 Å². The molecule has 14 atom stereocenters. The number of nitrogens with zero attached hydrogens (tertiary/aromatic N) is 7. The Morgan fingerprint density at radius 2 is 1.59 bits per heavy atom. The number of methoxy groups -OCH3 is 1. The van der Waals surface area contributed by atoms with Gasteiger partial charge in [0, 0.05) is 39.9 Å². The van der Waals surface area contributed by atoms with E-state index < -0.39 is 137 Å². The van der Waals surface area contributed by atoms with Crippen LogP contribution in [0.3, 0.4) is 0 Å². The number of esters is 4. The Kier molecular flexibility index (Phi) is 16.6. The number of ether oxygens (including phenoxy) is 8. The van der Waals surface area contributed by atoms with Crippen LogP contribution in [0.4, 0.5) is 15.9 Å². The van der Waals surface area contributed by atoms with Crippen molar-refractivity contribution in [2.45, 2.75) is 120 Å². The molecule has 4 aliphatic rings. The van der Waals surface area contributed by atoms with Crippen LogP contribution in [0.15, 0.2) is 48.3 Å². The molecule has 1 aromatic carbocycles. The number of nitrogen functional groups attached to an aromatic ring is 1. The number of benzene rings is 1. The monoisotopic (exact) mass is 1150 g/mol. The molecule has 35 heteroatoms. The minimum Gasteiger partial charge on any atom is -0.467 e. The van der Waals surface area contributed by atoms with Gasteiger partial charge >= 0.3 is 38.5 Å². The number of anilines is 2. The van der Waals surface area contributed by atoms with E-state index in [4.69, 9.17) is 61.7 Å². The second kappa shape index (κ2) is 23.1. The predicted octanol–water partition coefficient (Wildman–Crippen LogP) is 1.92. The molecule has 5 unspecified atom stereocenters. The first-order valence-corrected chi connectivity index (χ1v) is 28.0. The highest BCUT2D eigenvalue weighted by Crippen LogP contribution is 2.64. The number of H-pyrrole nitrogens is 1. The van der Waals surface area contributed by atoms with Crippen LogP contribution in [-0.4, -0.2) is 161 Å². The molecule has 0 radical (unpaired) electrons. The summed E-state index contributed by atoms with van der Waals surface area (Å²) in [6, 6.07) is 4.17. The number of aromatic nitrogens is 8. The van der Waals surface area contributed by atoms with Gasteiger partial charge in [0.15, 0.2) is 47.1 Å². The molecule has 0 bridgehead atoms. The third kappa shape index (κ3) is 12.3. The van der Waals surface area contributed by atoms with E-state index in [0.29, 0.717) is 16.9 Å². The zero-order chi connectivity index (χ0) is 55.8. The number of aromatic amines is 1. The Morgan fingerprint density at radius 3 is 2.32 bits per heavy atom. The van der Waals surface area contributed by atoms with Crippen molar-refractivity contribution in [3.63, 3.8) is 0 Å². The number of nitrogens with one attached hydrogen (secondary N) is 2. The van der Waals surface area contributed by atoms with Gasteiger partial charge in [0.25, 0.3) is 5.56 Å². The number of amides is 1. The first-order chi connectivity index (χ1) is 37.1. The van der Waals surface area contributed by atoms with Crippen LogP contribution in [-0.2, 0) is 96.7 Å². The number of halogens is 1. The SMILES string of the molecule is COC(=O)C1O[C@@H](Oc2ccc(CSP3(=O)OC[C@H]4O[C@@H](Cn5cnc6c(N)ncnc65)[C@H](F)[C@@H]4OP(=O)(O)OC[C@H]4O[C@@H](n5cnc6c(=O)[nH]cnc65)C[C@@H]4O3)cc2NC(C)=O)C(OC(C)=O)C(OC(C)=O)[C@@H]1OC(C)=O. The van der Waals surface area contributed by atoms with Crippen molar-refractivity contribution in [1.82, 2.24) is 39.0 Å². The van der Waals surface area contributed by atoms with Crippen molar-refractivity contribution >= 4 is 89.6 Å². The van der Waals surface area contributed by atoms with Crippen molar-refractivity contribution < 1.29 is 98.4 Å². The first kappa shape index (κ1) is 56.2. The number of carbonyl (C=O) groups excluding carboxylic acids is 5. The molecule has 0 aliphatic carbocycles. The van der Waals surface area contributed by atoms with E-state index in [1.54, 1.807) is 0 Å². The lowest BCUT2D eigenvalue weighted by molar-refractivity contribution is -0.282. The summed E-state index contributed by atoms with van der Waals surface area (Å²) >= 11 is 0.619. The number of phosphoric ester groups is 1. The number of phosphoric acid groups is 1. The summed E-state index contributed by atoms with van der Waals surface area (Å²) in [5, 5.41) is 2.60. The van der Waals surface area contributed by atoms with Crippen molar-refractivity contribution in [3.05, 3.63) is 59.4 Å². The van der Waals surface area contributed by atoms with Crippen LogP contribution in [0.2, 0.25) is 0 Å². The molecule has 1 amide bonds. The molecule has 31 nitrogen and oxygen atoms in total. The topological polar surface area (TPSA) is 396 Å². The molecule has 4 saturated heterocycles. The molecule has 5 aromatic rings. The molecule has 420 valence electrons. The van der Waals surface area contributed by atoms with Gasteiger partial charge in [-0.3, -0.25) is 46.6 Å². The molecule has 0 saturated carbocycles. The average Bonchev–Trinajstić information content (AvgIpc) is 4.23. The number of carbonyl (C=O) groups is 5. The lowest BCUT2D eigenvalue weighted by Gasteiger charge is -2.43. The second-order valence-electron chi connectivity index (χ2n) is 17.7. The van der Waals surface area contributed by atoms with Crippen LogP contribution in [0.5, 0.6) is 5.75 Å². The third-order valence-corrected chi connectivity index (χ3v) is 16.9. The smallest absolute Gasteiger partial charge is 0.467 e. The summed E-state index contributed by atoms with van der Waals surface area (Å²) in [6.07, 6.45) is -14.6. The van der Waals surface area contributed by atoms with Gasteiger partial charge in [-0.2, -0.15) is 0 Å². The van der Waals surface area contributed by atoms with Crippen LogP contribution < -0.4 is 21.3 Å². The summed E-state index contributed by atoms with van der Waals surface area (Å²) in [6.45, 7) is -2.16. The summed E-state index contributed by atoms with van der Waals surface area (Å²) in [5.41, 5.74) is 6.14. The van der Waals surface area contributed by atoms with Gasteiger partial charge in [-0.05, 0) is 29.1 Å². The summed E-state index contributed by atoms with van der Waals surface area (Å²) < 4.78 is 117. The maximum Gasteiger partial charge on any atom is 0.472 e. The van der Waals surface area contributed by atoms with Crippen molar-refractivity contribution in [2.24, 2.45) is 0 Å². The largest absolute Gasteiger partial charge is 0.472 e. The highest BCUT2D eigenvalue weighted by Gasteiger charge is 2.57. The normalized spacial score (nSPS) is 31.2. The first-order valence-electron chi connectivity index (χ1n) is 23.4. The van der Waals surface area contributed by atoms with E-state index in [0.717, 1.165) is 34.2 Å². The highest BCUT2D eigenvalue weighted by atomic mass is 32.7. The number of imidazole rings is 2. The fourth-order valence-corrected chi connectivity index (χ4v) is 13.3. The van der Waals surface area contributed by atoms with Gasteiger partial charge in [0.1, 0.15) is 54.3 Å². The maximum atomic E-state index is 16.6. The minimum absolute atomic E-state index is 0.0405. The molecule has 5 N–H and O–H groups in total. The summed E-state index contributed by atoms with van der Waals surface area (Å²) in [4.78, 5) is 109. The Morgan fingerprint density at radius 1 is 0.872 bits per heavy atom. The zero-order valence-corrected chi connectivity index (χ0v) is 44.1. The Hall–Kier alpha value is -6.51. The van der Waals surface area contributed by atoms with E-state index >= 15 is 8.96 Å². The number of alkyl halides is 1. The van der Waals surface area contributed by atoms with Gasteiger partial charge in [0.2, 0.25) is 18.3 Å². The molecule has 4 aliphatic heterocycles. The third-order valence-electron chi connectivity index (χ3n) is 12.2. The van der Waals surface area contributed by atoms with E-state index in [1.807, 2.05) is 0 Å². The van der Waals surface area contributed by atoms with Gasteiger partial charge in [-0.1, -0.05) is 6.07 Å². The van der Waals surface area contributed by atoms with Crippen LogP contribution >= 0.6 is 26.0 Å². The quantitative estimate of drug-likeness (QED) is 0.0743. The summed E-state index contributed by atoms with van der Waals surface area (Å²) in [5.74, 6) is -4.88. The number of hydrogen-bond acceptors (Lipinski definition) is 27. The van der Waals surface area contributed by atoms with Gasteiger partial charge in [-0.15, -0.1) is 0 Å². The molecular formula is C43H49FN10O21P2S. The minimum atomic E-state index is -5.16. The molecule has 4 fully saturated rings. The van der Waals surface area contributed by atoms with E-state index in [2.05, 4.69) is 35.2 Å². The number of hydrogen-bond donors (Lipinski definition) is 4. The van der Waals surface area contributed by atoms with Crippen molar-refractivity contribution in [3.8, 4) is 5.75 Å². The van der Waals surface area contributed by atoms with Gasteiger partial charge in [-0.25, -0.2) is 43.2 Å². The van der Waals surface area contributed by atoms with E-state index in [1.165, 1.54) is 53.2 Å². The highest BCUT2D eigenvalue weighted by molar-refractivity contribution is 8.54. The van der Waals surface area contributed by atoms with Crippen LogP contribution in [0.1, 0.15) is 45.9 Å². The molecular weight excluding hydrogens is 1110 g/mol. The molecule has 78 heavy (non-hydrogen) atoms. The van der Waals surface area contributed by atoms with Crippen LogP contribution in [0.25, 0.3) is 22.3 Å². The Balaban J connectivity index is 1.01. The zero-order valence-electron chi connectivity index (χ0n) is 41.5. The average molecular weight is 1150 g/mol. The standard InChI is InChI=1S/C43H49FN10O21P2S/c1-18(55)52-23-8-22(6-7-24(23)72-43-37(69-21(4)58)35(68-20(3)57)34(67-19(2)56)36(73-43)42(60)64-5)13-78-77(63)66-12-28-33(30(44)26(70-28)10-53-16-50-31-38(45)46-14-47-39(31)53)75-76(61,62)65-11-27-25(74-77)9-29(71-27)54-17-51-32-40(54)48-15-49-41(32)59/h6-8,14-17,25-30,33-37,43H,9-13H2,1-5H3,(H,52,55)(H,61,62)(H2,45,46,47)(H,48,49,59)/t25-,26-,27+,28+,29+,30-,33+,34-,35?,36?,37?,43+,77?/m0/s1. The Labute approximate surface area is 442 Å². The van der Waals surface area contributed by atoms with Crippen molar-refractivity contribution in [2.75, 3.05) is 31.4 Å². The van der Waals surface area contributed by atoms with Gasteiger partial charge in [0.05, 0.1) is 51.5 Å². The fourth-order valence-electron chi connectivity index (χ4n) is 8.92. The molecule has 8 heterocycles. The Bertz CT molecular complexity index is 3280. The predicted molar refractivity (Wildman–Crippen MR) is 259 cm³/mol. The lowest BCUT2D eigenvalue weighted by Crippen LogP contribution is -2.64. The van der Waals surface area contributed by atoms with Crippen molar-refractivity contribution in [1.29, 1.82) is 0 Å². The lowest BCUT2D eigenvalue weighted by atomic mass is 9.97. The second-order valence-corrected chi connectivity index (χ2v) is 23.1. The molecule has 0 spiro atoms. The molecule has 4 aromatic heterocycles. The number of rotatable bonds is 13. The van der Waals surface area contributed by atoms with Crippen LogP contribution in [0, 0.1) is 0 Å². The number of fused-ring (bicyclic) bond motifs is 4. The number of nitrogens with two attached hydrogens (primary N) is 1. The van der Waals surface area contributed by atoms with E-state index in [-0.39, 0.29) is 58.3 Å².